The first-order chi connectivity index (χ1) is 18.9. The van der Waals surface area contributed by atoms with Gasteiger partial charge in [0, 0.05) is 44.1 Å². The zero-order valence-electron chi connectivity index (χ0n) is 23.9. The number of fused-ring (bicyclic) bond motifs is 1. The van der Waals surface area contributed by atoms with Crippen LogP contribution in [0, 0.1) is 11.8 Å². The van der Waals surface area contributed by atoms with Gasteiger partial charge >= 0.3 is 0 Å². The highest BCUT2D eigenvalue weighted by atomic mass is 32.2. The number of aliphatic hydroxyl groups is 1. The van der Waals surface area contributed by atoms with Crippen LogP contribution in [0.4, 0.5) is 0 Å². The zero-order valence-corrected chi connectivity index (χ0v) is 24.7. The van der Waals surface area contributed by atoms with Gasteiger partial charge in [0.25, 0.3) is 0 Å². The Hall–Kier alpha value is -1.80. The van der Waals surface area contributed by atoms with Crippen LogP contribution in [0.1, 0.15) is 84.0 Å². The molecule has 7 nitrogen and oxygen atoms in total. The molecule has 0 aromatic rings. The largest absolute Gasteiger partial charge is 0.396 e. The average molecular weight is 560 g/mol. The molecule has 0 aromatic carbocycles. The van der Waals surface area contributed by atoms with Crippen LogP contribution >= 0.6 is 11.8 Å². The molecule has 3 aliphatic heterocycles. The van der Waals surface area contributed by atoms with Crippen molar-refractivity contribution in [3.8, 4) is 0 Å². The summed E-state index contributed by atoms with van der Waals surface area (Å²) < 4.78 is -0.537. The minimum Gasteiger partial charge on any atom is -0.396 e. The lowest BCUT2D eigenvalue weighted by atomic mass is 9.70. The molecule has 3 heterocycles. The Morgan fingerprint density at radius 2 is 1.77 bits per heavy atom. The lowest BCUT2D eigenvalue weighted by molar-refractivity contribution is -0.145. The molecule has 2 bridgehead atoms. The second-order valence-corrected chi connectivity index (χ2v) is 13.5. The molecule has 1 N–H and O–H groups in total. The number of carbonyl (C=O) groups is 3. The molecule has 218 valence electrons. The Labute approximate surface area is 239 Å². The van der Waals surface area contributed by atoms with Gasteiger partial charge in [0.1, 0.15) is 6.04 Å². The van der Waals surface area contributed by atoms with Gasteiger partial charge in [-0.2, -0.15) is 0 Å². The quantitative estimate of drug-likeness (QED) is 0.238. The summed E-state index contributed by atoms with van der Waals surface area (Å²) in [5.74, 6) is -0.701. The Kier molecular flexibility index (Phi) is 10.6. The van der Waals surface area contributed by atoms with Crippen LogP contribution < -0.4 is 0 Å². The van der Waals surface area contributed by atoms with Gasteiger partial charge in [0.05, 0.1) is 16.6 Å². The molecular formula is C31H49N3O4S. The predicted molar refractivity (Wildman–Crippen MR) is 157 cm³/mol. The maximum Gasteiger partial charge on any atom is 0.247 e. The van der Waals surface area contributed by atoms with Crippen molar-refractivity contribution in [1.29, 1.82) is 0 Å². The molecule has 39 heavy (non-hydrogen) atoms. The van der Waals surface area contributed by atoms with Crippen LogP contribution in [-0.2, 0) is 14.4 Å². The fourth-order valence-corrected chi connectivity index (χ4v) is 9.94. The summed E-state index contributed by atoms with van der Waals surface area (Å²) in [5, 5.41) is 9.27. The van der Waals surface area contributed by atoms with Crippen LogP contribution in [0.15, 0.2) is 25.3 Å². The fraction of sp³-hybridized carbons (Fsp3) is 0.774. The van der Waals surface area contributed by atoms with E-state index in [0.29, 0.717) is 26.2 Å². The number of nitrogens with zero attached hydrogens (tertiary/aromatic N) is 3. The van der Waals surface area contributed by atoms with Crippen LogP contribution in [0.2, 0.25) is 0 Å². The van der Waals surface area contributed by atoms with E-state index in [1.54, 1.807) is 17.8 Å². The lowest BCUT2D eigenvalue weighted by Crippen LogP contribution is -2.57. The van der Waals surface area contributed by atoms with Crippen molar-refractivity contribution in [3.63, 3.8) is 0 Å². The monoisotopic (exact) mass is 559 g/mol. The Morgan fingerprint density at radius 3 is 2.44 bits per heavy atom. The fourth-order valence-electron chi connectivity index (χ4n) is 7.74. The number of aliphatic hydroxyl groups excluding tert-OH is 1. The molecule has 3 amide bonds. The van der Waals surface area contributed by atoms with Gasteiger partial charge in [0.2, 0.25) is 17.7 Å². The average Bonchev–Trinajstić information content (AvgIpc) is 3.58. The van der Waals surface area contributed by atoms with E-state index in [4.69, 9.17) is 0 Å². The third-order valence-electron chi connectivity index (χ3n) is 9.41. The van der Waals surface area contributed by atoms with Gasteiger partial charge in [0.15, 0.2) is 0 Å². The number of likely N-dealkylation sites (tertiary alicyclic amines) is 1. The molecule has 1 saturated carbocycles. The summed E-state index contributed by atoms with van der Waals surface area (Å²) in [6, 6.07) is -0.337. The number of amides is 3. The molecule has 1 spiro atoms. The maximum absolute atomic E-state index is 14.6. The third-order valence-corrected chi connectivity index (χ3v) is 11.4. The Morgan fingerprint density at radius 1 is 1.05 bits per heavy atom. The van der Waals surface area contributed by atoms with Gasteiger partial charge < -0.3 is 19.8 Å². The van der Waals surface area contributed by atoms with Crippen LogP contribution in [-0.4, -0.2) is 92.4 Å². The number of rotatable bonds is 15. The highest BCUT2D eigenvalue weighted by molar-refractivity contribution is 8.02. The summed E-state index contributed by atoms with van der Waals surface area (Å²) in [6.07, 6.45) is 15.0. The van der Waals surface area contributed by atoms with Crippen LogP contribution in [0.3, 0.4) is 0 Å². The van der Waals surface area contributed by atoms with Gasteiger partial charge in [-0.05, 0) is 44.9 Å². The number of hydrogen-bond donors (Lipinski definition) is 1. The molecular weight excluding hydrogens is 510 g/mol. The normalized spacial score (nSPS) is 29.9. The van der Waals surface area contributed by atoms with Gasteiger partial charge in [-0.3, -0.25) is 14.4 Å². The van der Waals surface area contributed by atoms with Crippen molar-refractivity contribution in [2.75, 3.05) is 32.8 Å². The summed E-state index contributed by atoms with van der Waals surface area (Å²) in [5.41, 5.74) is 0. The summed E-state index contributed by atoms with van der Waals surface area (Å²) in [6.45, 7) is 12.2. The molecule has 5 atom stereocenters. The molecule has 0 aromatic heterocycles. The summed E-state index contributed by atoms with van der Waals surface area (Å²) in [7, 11) is 0. The maximum atomic E-state index is 14.6. The summed E-state index contributed by atoms with van der Waals surface area (Å²) >= 11 is 1.77. The summed E-state index contributed by atoms with van der Waals surface area (Å²) in [4.78, 5) is 48.6. The first kappa shape index (κ1) is 30.2. The number of unbranched alkanes of at least 4 members (excludes halogenated alkanes) is 3. The van der Waals surface area contributed by atoms with Crippen molar-refractivity contribution < 1.29 is 19.5 Å². The van der Waals surface area contributed by atoms with Crippen molar-refractivity contribution in [2.45, 2.75) is 106 Å². The van der Waals surface area contributed by atoms with Gasteiger partial charge in [-0.25, -0.2) is 0 Å². The molecule has 1 aliphatic carbocycles. The van der Waals surface area contributed by atoms with Crippen molar-refractivity contribution in [3.05, 3.63) is 25.3 Å². The molecule has 2 unspecified atom stereocenters. The number of carbonyl (C=O) groups excluding carboxylic acids is 3. The molecule has 3 saturated heterocycles. The number of thioether (sulfide) groups is 1. The van der Waals surface area contributed by atoms with Crippen LogP contribution in [0.25, 0.3) is 0 Å². The van der Waals surface area contributed by atoms with Crippen molar-refractivity contribution in [1.82, 2.24) is 14.7 Å². The third kappa shape index (κ3) is 5.83. The van der Waals surface area contributed by atoms with Crippen molar-refractivity contribution >= 4 is 29.5 Å². The minimum atomic E-state index is -0.537. The second-order valence-electron chi connectivity index (χ2n) is 11.9. The highest BCUT2D eigenvalue weighted by Crippen LogP contribution is 2.66. The molecule has 4 fully saturated rings. The van der Waals surface area contributed by atoms with E-state index in [-0.39, 0.29) is 41.5 Å². The number of hydrogen-bond acceptors (Lipinski definition) is 5. The SMILES string of the molecule is C=CCN(CCC)C(=O)[C@@H]1[C@H]2C(=O)N(CCCCCCO)C(C(=O)N(CC=C)C3CCCCC3)C23CC[C@H]1S3. The zero-order chi connectivity index (χ0) is 28.0. The van der Waals surface area contributed by atoms with E-state index in [1.807, 2.05) is 20.8 Å². The molecule has 4 aliphatic rings. The topological polar surface area (TPSA) is 81.2 Å². The standard InChI is InChI=1S/C31H49N3O4S/c1-4-18-32(19-5-2)28(36)25-24-16-17-31(39-24)26(25)29(37)34(21-12-7-8-13-22-35)27(31)30(38)33(20-6-3)23-14-10-9-11-15-23/h4,6,23-27,35H,1,3,5,7-22H2,2H3/t24-,25+,26+,27?,31?/m1/s1. The molecule has 8 heteroatoms. The minimum absolute atomic E-state index is 0.000747. The lowest BCUT2D eigenvalue weighted by Gasteiger charge is -2.41. The molecule has 4 rings (SSSR count). The van der Waals surface area contributed by atoms with E-state index in [9.17, 15) is 19.5 Å². The van der Waals surface area contributed by atoms with Crippen LogP contribution in [0.5, 0.6) is 0 Å². The molecule has 0 radical (unpaired) electrons. The first-order valence-corrected chi connectivity index (χ1v) is 16.2. The Balaban J connectivity index is 1.66. The van der Waals surface area contributed by atoms with Crippen molar-refractivity contribution in [2.24, 2.45) is 11.8 Å². The predicted octanol–water partition coefficient (Wildman–Crippen LogP) is 4.40. The smallest absolute Gasteiger partial charge is 0.247 e. The first-order valence-electron chi connectivity index (χ1n) is 15.3. The van der Waals surface area contributed by atoms with E-state index < -0.39 is 16.7 Å². The second kappa shape index (κ2) is 13.7. The van der Waals surface area contributed by atoms with Gasteiger partial charge in [-0.1, -0.05) is 51.2 Å². The van der Waals surface area contributed by atoms with E-state index in [0.717, 1.165) is 70.6 Å². The highest BCUT2D eigenvalue weighted by Gasteiger charge is 2.74. The van der Waals surface area contributed by atoms with E-state index >= 15 is 0 Å². The van der Waals surface area contributed by atoms with E-state index in [2.05, 4.69) is 20.1 Å². The Bertz CT molecular complexity index is 906. The van der Waals surface area contributed by atoms with E-state index in [1.165, 1.54) is 6.42 Å². The van der Waals surface area contributed by atoms with Gasteiger partial charge in [-0.15, -0.1) is 24.9 Å².